The summed E-state index contributed by atoms with van der Waals surface area (Å²) in [6, 6.07) is 20.3. The van der Waals surface area contributed by atoms with Gasteiger partial charge in [0.15, 0.2) is 0 Å². The second-order valence-electron chi connectivity index (χ2n) is 11.1. The molecule has 1 aromatic heterocycles. The number of methoxy groups -OCH3 is 1. The fourth-order valence-corrected chi connectivity index (χ4v) is 6.90. The van der Waals surface area contributed by atoms with Crippen LogP contribution in [0.15, 0.2) is 72.9 Å². The maximum Gasteiger partial charge on any atom is 0.251 e. The second-order valence-corrected chi connectivity index (χ2v) is 13.2. The molecule has 2 atom stereocenters. The van der Waals surface area contributed by atoms with E-state index in [4.69, 9.17) is 4.74 Å². The number of nitrogens with one attached hydrogen (secondary N) is 2. The predicted molar refractivity (Wildman–Crippen MR) is 170 cm³/mol. The molecule has 43 heavy (non-hydrogen) atoms. The van der Waals surface area contributed by atoms with E-state index in [1.165, 1.54) is 4.31 Å². The number of aliphatic hydroxyl groups is 1. The molecule has 9 nitrogen and oxygen atoms in total. The van der Waals surface area contributed by atoms with E-state index in [1.54, 1.807) is 20.2 Å². The van der Waals surface area contributed by atoms with Gasteiger partial charge in [-0.05, 0) is 60.2 Å². The minimum atomic E-state index is -3.53. The molecule has 3 N–H and O–H groups in total. The highest BCUT2D eigenvalue weighted by molar-refractivity contribution is 7.92. The zero-order valence-corrected chi connectivity index (χ0v) is 25.7. The third-order valence-corrected chi connectivity index (χ3v) is 9.80. The first kappa shape index (κ1) is 30.6. The Bertz CT molecular complexity index is 1690. The van der Waals surface area contributed by atoms with Gasteiger partial charge in [-0.2, -0.15) is 0 Å². The largest absolute Gasteiger partial charge is 0.497 e. The number of hydrogen-bond acceptors (Lipinski definition) is 6. The van der Waals surface area contributed by atoms with Crippen LogP contribution in [0.25, 0.3) is 10.9 Å². The standard InChI is InChI=1S/C33H40N4O5S/c1-4-14-37-22-25-13-15-43(40,41)36(2)29-18-26(19-30(37)32(25)29)33(39)35-28(17-23-9-6-5-7-10-23)31(38)21-34-20-24-11-8-12-27(16-24)42-3/h5-12,16,18-19,22,28,31,34,38H,4,13-15,17,20-21H2,1-3H3,(H,35,39)/t28-,31+/m0/s1. The predicted octanol–water partition coefficient (Wildman–Crippen LogP) is 3.87. The summed E-state index contributed by atoms with van der Waals surface area (Å²) in [6.07, 6.45) is 2.88. The number of ether oxygens (including phenoxy) is 1. The molecule has 1 amide bonds. The van der Waals surface area contributed by atoms with Crippen LogP contribution in [-0.4, -0.2) is 62.6 Å². The van der Waals surface area contributed by atoms with Gasteiger partial charge in [-0.25, -0.2) is 8.42 Å². The van der Waals surface area contributed by atoms with Gasteiger partial charge in [0.05, 0.1) is 36.2 Å². The number of aryl methyl sites for hydroxylation is 2. The van der Waals surface area contributed by atoms with Crippen LogP contribution in [0, 0.1) is 0 Å². The van der Waals surface area contributed by atoms with Crippen LogP contribution in [0.5, 0.6) is 5.75 Å². The zero-order valence-electron chi connectivity index (χ0n) is 24.9. The molecule has 0 spiro atoms. The van der Waals surface area contributed by atoms with Gasteiger partial charge in [-0.15, -0.1) is 0 Å². The van der Waals surface area contributed by atoms with Crippen molar-refractivity contribution in [1.82, 2.24) is 15.2 Å². The Morgan fingerprint density at radius 2 is 1.84 bits per heavy atom. The van der Waals surface area contributed by atoms with E-state index in [-0.39, 0.29) is 18.2 Å². The molecule has 0 bridgehead atoms. The van der Waals surface area contributed by atoms with E-state index < -0.39 is 22.2 Å². The molecular weight excluding hydrogens is 564 g/mol. The van der Waals surface area contributed by atoms with Gasteiger partial charge in [-0.1, -0.05) is 49.4 Å². The van der Waals surface area contributed by atoms with Crippen molar-refractivity contribution >= 4 is 32.5 Å². The first-order chi connectivity index (χ1) is 20.7. The van der Waals surface area contributed by atoms with Gasteiger partial charge in [0.25, 0.3) is 5.91 Å². The Morgan fingerprint density at radius 1 is 1.07 bits per heavy atom. The quantitative estimate of drug-likeness (QED) is 0.226. The fourth-order valence-electron chi connectivity index (χ4n) is 5.70. The lowest BCUT2D eigenvalue weighted by Crippen LogP contribution is -2.48. The minimum Gasteiger partial charge on any atom is -0.497 e. The van der Waals surface area contributed by atoms with Gasteiger partial charge in [0, 0.05) is 43.8 Å². The number of nitrogens with zero attached hydrogens (tertiary/aromatic N) is 2. The van der Waals surface area contributed by atoms with Crippen molar-refractivity contribution in [2.75, 3.05) is 30.8 Å². The summed E-state index contributed by atoms with van der Waals surface area (Å²) in [5, 5.41) is 18.5. The summed E-state index contributed by atoms with van der Waals surface area (Å²) in [7, 11) is -0.355. The van der Waals surface area contributed by atoms with E-state index in [0.717, 1.165) is 46.3 Å². The lowest BCUT2D eigenvalue weighted by atomic mass is 9.99. The average molecular weight is 605 g/mol. The normalized spacial score (nSPS) is 15.6. The van der Waals surface area contributed by atoms with Crippen LogP contribution >= 0.6 is 0 Å². The Hall–Kier alpha value is -3.86. The average Bonchev–Trinajstić information content (AvgIpc) is 3.32. The van der Waals surface area contributed by atoms with Crippen LogP contribution < -0.4 is 19.7 Å². The Balaban J connectivity index is 1.41. The number of benzene rings is 3. The fraction of sp³-hybridized carbons (Fsp3) is 0.364. The SMILES string of the molecule is CCCn1cc2c3c(cc(C(=O)N[C@@H](Cc4ccccc4)[C@H](O)CNCc4cccc(OC)c4)cc31)N(C)S(=O)(=O)CC2. The number of anilines is 1. The van der Waals surface area contributed by atoms with E-state index in [0.29, 0.717) is 30.6 Å². The summed E-state index contributed by atoms with van der Waals surface area (Å²) in [4.78, 5) is 13.8. The third kappa shape index (κ3) is 6.87. The van der Waals surface area contributed by atoms with E-state index in [2.05, 4.69) is 22.1 Å². The topological polar surface area (TPSA) is 113 Å². The van der Waals surface area contributed by atoms with E-state index in [9.17, 15) is 18.3 Å². The first-order valence-corrected chi connectivity index (χ1v) is 16.3. The molecule has 0 unspecified atom stereocenters. The van der Waals surface area contributed by atoms with Gasteiger partial charge >= 0.3 is 0 Å². The highest BCUT2D eigenvalue weighted by Gasteiger charge is 2.30. The van der Waals surface area contributed by atoms with Crippen molar-refractivity contribution in [2.45, 2.75) is 51.4 Å². The van der Waals surface area contributed by atoms with Crippen LogP contribution in [0.2, 0.25) is 0 Å². The molecular formula is C33H40N4O5S. The number of amides is 1. The monoisotopic (exact) mass is 604 g/mol. The number of carbonyl (C=O) groups is 1. The minimum absolute atomic E-state index is 0.0129. The highest BCUT2D eigenvalue weighted by Crippen LogP contribution is 2.37. The smallest absolute Gasteiger partial charge is 0.251 e. The molecule has 0 saturated carbocycles. The molecule has 0 fully saturated rings. The lowest BCUT2D eigenvalue weighted by Gasteiger charge is -2.25. The highest BCUT2D eigenvalue weighted by atomic mass is 32.2. The van der Waals surface area contributed by atoms with E-state index >= 15 is 0 Å². The van der Waals surface area contributed by atoms with E-state index in [1.807, 2.05) is 66.9 Å². The van der Waals surface area contributed by atoms with Crippen molar-refractivity contribution < 1.29 is 23.1 Å². The molecule has 4 aromatic rings. The molecule has 1 aliphatic heterocycles. The van der Waals surface area contributed by atoms with Crippen LogP contribution in [0.4, 0.5) is 5.69 Å². The van der Waals surface area contributed by atoms with Crippen LogP contribution in [0.1, 0.15) is 40.4 Å². The third-order valence-electron chi connectivity index (χ3n) is 8.05. The molecule has 0 saturated heterocycles. The van der Waals surface area contributed by atoms with Crippen molar-refractivity contribution in [3.63, 3.8) is 0 Å². The number of hydrogen-bond donors (Lipinski definition) is 3. The molecule has 0 radical (unpaired) electrons. The number of rotatable bonds is 12. The molecule has 10 heteroatoms. The number of aromatic nitrogens is 1. The summed E-state index contributed by atoms with van der Waals surface area (Å²) in [6.45, 7) is 3.62. The maximum atomic E-state index is 13.8. The van der Waals surface area contributed by atoms with Crippen molar-refractivity contribution in [3.8, 4) is 5.75 Å². The summed E-state index contributed by atoms with van der Waals surface area (Å²) >= 11 is 0. The van der Waals surface area contributed by atoms with Gasteiger partial charge in [-0.3, -0.25) is 9.10 Å². The Morgan fingerprint density at radius 3 is 2.58 bits per heavy atom. The molecule has 0 aliphatic carbocycles. The summed E-state index contributed by atoms with van der Waals surface area (Å²) in [5.74, 6) is 0.405. The number of aliphatic hydroxyl groups excluding tert-OH is 1. The molecule has 5 rings (SSSR count). The van der Waals surface area contributed by atoms with Gasteiger partial charge < -0.3 is 25.0 Å². The van der Waals surface area contributed by atoms with Crippen molar-refractivity contribution in [1.29, 1.82) is 0 Å². The van der Waals surface area contributed by atoms with Crippen LogP contribution in [-0.2, 0) is 36.0 Å². The molecule has 228 valence electrons. The maximum absolute atomic E-state index is 13.8. The van der Waals surface area contributed by atoms with Crippen LogP contribution in [0.3, 0.4) is 0 Å². The summed E-state index contributed by atoms with van der Waals surface area (Å²) in [5.41, 5.74) is 4.66. The number of sulfonamides is 1. The number of carbonyl (C=O) groups excluding carboxylic acids is 1. The van der Waals surface area contributed by atoms with Gasteiger partial charge in [0.2, 0.25) is 10.0 Å². The molecule has 3 aromatic carbocycles. The zero-order chi connectivity index (χ0) is 30.6. The van der Waals surface area contributed by atoms with Gasteiger partial charge in [0.1, 0.15) is 5.75 Å². The molecule has 2 heterocycles. The molecule has 1 aliphatic rings. The summed E-state index contributed by atoms with van der Waals surface area (Å²) < 4.78 is 34.7. The van der Waals surface area contributed by atoms with Crippen molar-refractivity contribution in [2.24, 2.45) is 0 Å². The van der Waals surface area contributed by atoms with Crippen molar-refractivity contribution in [3.05, 3.63) is 95.2 Å². The lowest BCUT2D eigenvalue weighted by molar-refractivity contribution is 0.0830. The Labute approximate surface area is 253 Å². The second kappa shape index (κ2) is 13.2. The Kier molecular flexibility index (Phi) is 9.39. The first-order valence-electron chi connectivity index (χ1n) is 14.7.